The first kappa shape index (κ1) is 22.0. The van der Waals surface area contributed by atoms with Gasteiger partial charge in [0, 0.05) is 23.7 Å². The minimum Gasteiger partial charge on any atom is -0.457 e. The van der Waals surface area contributed by atoms with E-state index in [1.807, 2.05) is 28.9 Å². The lowest BCUT2D eigenvalue weighted by Gasteiger charge is -2.25. The third kappa shape index (κ3) is 4.24. The Hall–Kier alpha value is -3.49. The fourth-order valence-electron chi connectivity index (χ4n) is 4.78. The number of rotatable bonds is 5. The van der Waals surface area contributed by atoms with E-state index in [9.17, 15) is 0 Å². The van der Waals surface area contributed by atoms with Gasteiger partial charge in [0.1, 0.15) is 11.5 Å². The Kier molecular flexibility index (Phi) is 5.83. The number of aromatic amines is 1. The predicted molar refractivity (Wildman–Crippen MR) is 134 cm³/mol. The van der Waals surface area contributed by atoms with Gasteiger partial charge in [-0.05, 0) is 53.1 Å². The van der Waals surface area contributed by atoms with Crippen molar-refractivity contribution in [3.05, 3.63) is 70.6 Å². The van der Waals surface area contributed by atoms with E-state index in [0.717, 1.165) is 40.9 Å². The van der Waals surface area contributed by atoms with Gasteiger partial charge in [-0.1, -0.05) is 54.6 Å². The number of hydrogen-bond acceptors (Lipinski definition) is 6. The molecule has 1 N–H and O–H groups in total. The highest BCUT2D eigenvalue weighted by Gasteiger charge is 2.25. The van der Waals surface area contributed by atoms with Gasteiger partial charge in [-0.3, -0.25) is 0 Å². The minimum absolute atomic E-state index is 0.379. The first-order chi connectivity index (χ1) is 17.2. The molecular formula is C25H21Cl2N7O. The number of halogens is 2. The molecule has 0 atom stereocenters. The molecule has 5 aromatic rings. The zero-order chi connectivity index (χ0) is 23.8. The summed E-state index contributed by atoms with van der Waals surface area (Å²) >= 11 is 12.2. The Morgan fingerprint density at radius 2 is 1.77 bits per heavy atom. The van der Waals surface area contributed by atoms with Gasteiger partial charge < -0.3 is 4.74 Å². The van der Waals surface area contributed by atoms with Crippen LogP contribution in [0.5, 0.6) is 11.5 Å². The molecule has 2 aromatic carbocycles. The van der Waals surface area contributed by atoms with Crippen molar-refractivity contribution in [3.8, 4) is 34.0 Å². The molecule has 1 fully saturated rings. The summed E-state index contributed by atoms with van der Waals surface area (Å²) in [5.41, 5.74) is 4.71. The van der Waals surface area contributed by atoms with Crippen LogP contribution in [0.1, 0.15) is 43.7 Å². The highest BCUT2D eigenvalue weighted by Crippen LogP contribution is 2.40. The van der Waals surface area contributed by atoms with Crippen molar-refractivity contribution in [2.75, 3.05) is 0 Å². The smallest absolute Gasteiger partial charge is 0.184 e. The van der Waals surface area contributed by atoms with Crippen LogP contribution in [0, 0.1) is 0 Å². The number of nitrogens with one attached hydrogen (secondary N) is 1. The minimum atomic E-state index is 0.379. The van der Waals surface area contributed by atoms with Crippen molar-refractivity contribution >= 4 is 28.8 Å². The highest BCUT2D eigenvalue weighted by atomic mass is 35.5. The molecule has 1 saturated carbocycles. The number of fused-ring (bicyclic) bond motifs is 1. The summed E-state index contributed by atoms with van der Waals surface area (Å²) in [6.07, 6.45) is 9.59. The van der Waals surface area contributed by atoms with Gasteiger partial charge in [0.2, 0.25) is 0 Å². The third-order valence-corrected chi connectivity index (χ3v) is 7.17. The molecule has 0 aliphatic heterocycles. The van der Waals surface area contributed by atoms with Crippen LogP contribution in [0.15, 0.2) is 54.9 Å². The Labute approximate surface area is 211 Å². The normalized spacial score (nSPS) is 14.5. The Morgan fingerprint density at radius 1 is 0.914 bits per heavy atom. The molecule has 1 aliphatic rings. The van der Waals surface area contributed by atoms with Crippen molar-refractivity contribution < 1.29 is 4.74 Å². The van der Waals surface area contributed by atoms with E-state index in [0.29, 0.717) is 33.3 Å². The topological polar surface area (TPSA) is 93.9 Å². The lowest BCUT2D eigenvalue weighted by molar-refractivity contribution is 0.431. The molecule has 6 rings (SSSR count). The van der Waals surface area contributed by atoms with Gasteiger partial charge >= 0.3 is 0 Å². The maximum atomic E-state index is 6.16. The fourth-order valence-corrected chi connectivity index (χ4v) is 5.07. The van der Waals surface area contributed by atoms with E-state index in [-0.39, 0.29) is 0 Å². The van der Waals surface area contributed by atoms with Gasteiger partial charge in [0.15, 0.2) is 11.5 Å². The van der Waals surface area contributed by atoms with Gasteiger partial charge in [-0.2, -0.15) is 5.10 Å². The van der Waals surface area contributed by atoms with Crippen LogP contribution >= 0.6 is 23.2 Å². The zero-order valence-corrected chi connectivity index (χ0v) is 20.2. The van der Waals surface area contributed by atoms with Crippen LogP contribution in [-0.4, -0.2) is 35.2 Å². The molecule has 0 saturated heterocycles. The zero-order valence-electron chi connectivity index (χ0n) is 18.7. The van der Waals surface area contributed by atoms with E-state index in [1.165, 1.54) is 19.3 Å². The van der Waals surface area contributed by atoms with Crippen molar-refractivity contribution in [1.29, 1.82) is 0 Å². The van der Waals surface area contributed by atoms with Crippen molar-refractivity contribution in [2.45, 2.75) is 38.0 Å². The van der Waals surface area contributed by atoms with Crippen LogP contribution in [0.25, 0.3) is 28.2 Å². The standard InChI is InChI=1S/C25H21Cl2N7O/c26-21-10-9-18(12-22(21)27)35-17-8-4-7-16(11-17)19-13-28-25-20(24-30-32-33-31-24)14-29-34(25)23(19)15-5-2-1-3-6-15/h4,7-15H,1-3,5-6H2,(H,30,31,32,33). The van der Waals surface area contributed by atoms with Crippen LogP contribution in [0.2, 0.25) is 10.0 Å². The fraction of sp³-hybridized carbons (Fsp3) is 0.240. The molecule has 0 amide bonds. The molecule has 3 aromatic heterocycles. The Bertz CT molecular complexity index is 1490. The summed E-state index contributed by atoms with van der Waals surface area (Å²) < 4.78 is 8.04. The first-order valence-corrected chi connectivity index (χ1v) is 12.3. The molecule has 0 radical (unpaired) electrons. The van der Waals surface area contributed by atoms with Gasteiger partial charge in [0.05, 0.1) is 27.5 Å². The summed E-state index contributed by atoms with van der Waals surface area (Å²) in [7, 11) is 0. The van der Waals surface area contributed by atoms with E-state index in [4.69, 9.17) is 38.0 Å². The molecule has 1 aliphatic carbocycles. The van der Waals surface area contributed by atoms with Crippen molar-refractivity contribution in [1.82, 2.24) is 35.2 Å². The van der Waals surface area contributed by atoms with E-state index in [1.54, 1.807) is 24.4 Å². The lowest BCUT2D eigenvalue weighted by atomic mass is 9.84. The van der Waals surface area contributed by atoms with Crippen molar-refractivity contribution in [2.24, 2.45) is 0 Å². The van der Waals surface area contributed by atoms with Crippen LogP contribution < -0.4 is 4.74 Å². The molecular weight excluding hydrogens is 485 g/mol. The van der Waals surface area contributed by atoms with E-state index < -0.39 is 0 Å². The first-order valence-electron chi connectivity index (χ1n) is 11.5. The number of benzene rings is 2. The van der Waals surface area contributed by atoms with Gasteiger partial charge in [-0.25, -0.2) is 14.6 Å². The summed E-state index contributed by atoms with van der Waals surface area (Å²) in [4.78, 5) is 4.78. The second kappa shape index (κ2) is 9.28. The molecule has 176 valence electrons. The highest BCUT2D eigenvalue weighted by molar-refractivity contribution is 6.42. The van der Waals surface area contributed by atoms with Crippen molar-refractivity contribution in [3.63, 3.8) is 0 Å². The van der Waals surface area contributed by atoms with E-state index >= 15 is 0 Å². The number of tetrazole rings is 1. The Balaban J connectivity index is 1.45. The maximum Gasteiger partial charge on any atom is 0.184 e. The number of aromatic nitrogens is 7. The molecule has 8 nitrogen and oxygen atoms in total. The lowest BCUT2D eigenvalue weighted by Crippen LogP contribution is -2.12. The number of nitrogens with zero attached hydrogens (tertiary/aromatic N) is 6. The molecule has 3 heterocycles. The average molecular weight is 506 g/mol. The third-order valence-electron chi connectivity index (χ3n) is 6.43. The number of H-pyrrole nitrogens is 1. The molecule has 0 bridgehead atoms. The van der Waals surface area contributed by atoms with Crippen LogP contribution in [-0.2, 0) is 0 Å². The summed E-state index contributed by atoms with van der Waals surface area (Å²) in [6, 6.07) is 13.2. The largest absolute Gasteiger partial charge is 0.457 e. The average Bonchev–Trinajstić information content (AvgIpc) is 3.56. The van der Waals surface area contributed by atoms with Crippen LogP contribution in [0.3, 0.4) is 0 Å². The molecule has 35 heavy (non-hydrogen) atoms. The SMILES string of the molecule is Clc1ccc(Oc2cccc(-c3cnc4c(-c5nnn[nH]5)cnn4c3C3CCCCC3)c2)cc1Cl. The quantitative estimate of drug-likeness (QED) is 0.284. The Morgan fingerprint density at radius 3 is 2.57 bits per heavy atom. The van der Waals surface area contributed by atoms with Crippen LogP contribution in [0.4, 0.5) is 0 Å². The summed E-state index contributed by atoms with van der Waals surface area (Å²) in [5.74, 6) is 2.25. The second-order valence-corrected chi connectivity index (χ2v) is 9.46. The summed E-state index contributed by atoms with van der Waals surface area (Å²) in [5, 5.41) is 19.9. The monoisotopic (exact) mass is 505 g/mol. The molecule has 0 unspecified atom stereocenters. The van der Waals surface area contributed by atoms with Gasteiger partial charge in [-0.15, -0.1) is 5.10 Å². The second-order valence-electron chi connectivity index (χ2n) is 8.64. The summed E-state index contributed by atoms with van der Waals surface area (Å²) in [6.45, 7) is 0. The predicted octanol–water partition coefficient (Wildman–Crippen LogP) is 6.72. The molecule has 10 heteroatoms. The van der Waals surface area contributed by atoms with E-state index in [2.05, 4.69) is 26.7 Å². The molecule has 0 spiro atoms. The number of ether oxygens (including phenoxy) is 1. The van der Waals surface area contributed by atoms with Gasteiger partial charge in [0.25, 0.3) is 0 Å². The maximum absolute atomic E-state index is 6.16. The number of hydrogen-bond donors (Lipinski definition) is 1.